The third-order valence-electron chi connectivity index (χ3n) is 14.2. The number of hydrogen-bond acceptors (Lipinski definition) is 6. The Bertz CT molecular complexity index is 1030. The quantitative estimate of drug-likeness (QED) is 0.315. The predicted octanol–water partition coefficient (Wildman–Crippen LogP) is 5.20. The SMILES string of the molecule is CC(=O)O[C@H]1C[C@H]2CC[C@@H]3[C@H](CC[C@@]4(C)[C@H]3C[C@@H]([N+]3(CC5CC5)CCCC3)[C@@H]4OC(C)=O)[C@@]2(C)C[C@@H]1N1CCOCC1. The number of carbonyl (C=O) groups excluding carboxylic acids is 2. The van der Waals surface area contributed by atoms with Gasteiger partial charge in [0.05, 0.1) is 32.8 Å². The fourth-order valence-corrected chi connectivity index (χ4v) is 12.2. The summed E-state index contributed by atoms with van der Waals surface area (Å²) in [7, 11) is 0. The molecule has 7 rings (SSSR count). The molecule has 0 unspecified atom stereocenters. The van der Waals surface area contributed by atoms with Gasteiger partial charge >= 0.3 is 11.9 Å². The third-order valence-corrected chi connectivity index (χ3v) is 14.2. The molecule has 236 valence electrons. The number of hydrogen-bond donors (Lipinski definition) is 0. The van der Waals surface area contributed by atoms with Gasteiger partial charge in [0.1, 0.15) is 12.1 Å². The summed E-state index contributed by atoms with van der Waals surface area (Å²) in [5.41, 5.74) is 0.337. The molecule has 42 heavy (non-hydrogen) atoms. The second-order valence-electron chi connectivity index (χ2n) is 16.3. The summed E-state index contributed by atoms with van der Waals surface area (Å²) in [5, 5.41) is 0. The van der Waals surface area contributed by atoms with Crippen molar-refractivity contribution in [2.75, 3.05) is 45.9 Å². The first kappa shape index (κ1) is 29.5. The molecule has 0 N–H and O–H groups in total. The van der Waals surface area contributed by atoms with Gasteiger partial charge in [-0.15, -0.1) is 0 Å². The van der Waals surface area contributed by atoms with Gasteiger partial charge in [-0.25, -0.2) is 0 Å². The number of likely N-dealkylation sites (tertiary alicyclic amines) is 1. The fourth-order valence-electron chi connectivity index (χ4n) is 12.2. The van der Waals surface area contributed by atoms with Crippen LogP contribution in [0.5, 0.6) is 0 Å². The van der Waals surface area contributed by atoms with Crippen molar-refractivity contribution in [3.63, 3.8) is 0 Å². The van der Waals surface area contributed by atoms with Crippen molar-refractivity contribution in [3.05, 3.63) is 0 Å². The van der Waals surface area contributed by atoms with Crippen LogP contribution in [0.25, 0.3) is 0 Å². The number of carbonyl (C=O) groups is 2. The molecule has 2 aliphatic heterocycles. The van der Waals surface area contributed by atoms with Crippen LogP contribution in [0.3, 0.4) is 0 Å². The van der Waals surface area contributed by atoms with Gasteiger partial charge in [-0.05, 0) is 80.5 Å². The summed E-state index contributed by atoms with van der Waals surface area (Å²) in [4.78, 5) is 27.4. The molecule has 0 aromatic carbocycles. The minimum absolute atomic E-state index is 0.00441. The van der Waals surface area contributed by atoms with Crippen LogP contribution in [0.1, 0.15) is 98.3 Å². The van der Waals surface area contributed by atoms with Gasteiger partial charge in [0.2, 0.25) is 0 Å². The van der Waals surface area contributed by atoms with Crippen LogP contribution in [0.4, 0.5) is 0 Å². The van der Waals surface area contributed by atoms with Crippen molar-refractivity contribution in [1.29, 1.82) is 0 Å². The normalized spacial score (nSPS) is 46.8. The van der Waals surface area contributed by atoms with Crippen LogP contribution in [0, 0.1) is 40.4 Å². The van der Waals surface area contributed by atoms with Gasteiger partial charge in [0.25, 0.3) is 0 Å². The lowest BCUT2D eigenvalue weighted by atomic mass is 9.44. The van der Waals surface area contributed by atoms with E-state index in [0.717, 1.165) is 45.1 Å². The minimum Gasteiger partial charge on any atom is -0.461 e. The lowest BCUT2D eigenvalue weighted by molar-refractivity contribution is -0.944. The second-order valence-corrected chi connectivity index (χ2v) is 16.3. The molecule has 0 aromatic heterocycles. The smallest absolute Gasteiger partial charge is 0.303 e. The molecule has 0 spiro atoms. The summed E-state index contributed by atoms with van der Waals surface area (Å²) in [6.07, 6.45) is 13.8. The monoisotopic (exact) mass is 585 g/mol. The van der Waals surface area contributed by atoms with Gasteiger partial charge in [-0.3, -0.25) is 14.5 Å². The lowest BCUT2D eigenvalue weighted by Gasteiger charge is -2.62. The Kier molecular flexibility index (Phi) is 7.74. The number of quaternary nitrogens is 1. The lowest BCUT2D eigenvalue weighted by Crippen LogP contribution is -2.62. The van der Waals surface area contributed by atoms with E-state index in [9.17, 15) is 9.59 Å². The Morgan fingerprint density at radius 3 is 2.26 bits per heavy atom. The minimum atomic E-state index is -0.136. The molecule has 7 aliphatic rings. The van der Waals surface area contributed by atoms with E-state index in [2.05, 4.69) is 18.7 Å². The maximum Gasteiger partial charge on any atom is 0.303 e. The van der Waals surface area contributed by atoms with Crippen molar-refractivity contribution < 1.29 is 28.3 Å². The fraction of sp³-hybridized carbons (Fsp3) is 0.943. The van der Waals surface area contributed by atoms with Gasteiger partial charge in [-0.2, -0.15) is 0 Å². The van der Waals surface area contributed by atoms with Crippen LogP contribution in [0.15, 0.2) is 0 Å². The van der Waals surface area contributed by atoms with Gasteiger partial charge in [-0.1, -0.05) is 13.8 Å². The van der Waals surface area contributed by atoms with E-state index in [4.69, 9.17) is 14.2 Å². The van der Waals surface area contributed by atoms with E-state index >= 15 is 0 Å². The second kappa shape index (κ2) is 11.0. The summed E-state index contributed by atoms with van der Waals surface area (Å²) >= 11 is 0. The number of nitrogens with zero attached hydrogens (tertiary/aromatic N) is 2. The summed E-state index contributed by atoms with van der Waals surface area (Å²) in [6, 6.07) is 0.755. The van der Waals surface area contributed by atoms with E-state index < -0.39 is 0 Å². The first-order valence-corrected chi connectivity index (χ1v) is 17.6. The molecule has 2 heterocycles. The maximum atomic E-state index is 12.7. The molecule has 2 saturated heterocycles. The zero-order chi connectivity index (χ0) is 29.3. The third kappa shape index (κ3) is 4.96. The van der Waals surface area contributed by atoms with E-state index in [1.165, 1.54) is 81.9 Å². The van der Waals surface area contributed by atoms with Gasteiger partial charge in [0.15, 0.2) is 6.10 Å². The molecular formula is C35H57N2O5+. The Labute approximate surface area is 253 Å². The highest BCUT2D eigenvalue weighted by atomic mass is 16.5. The molecule has 0 bridgehead atoms. The molecule has 0 aromatic rings. The highest BCUT2D eigenvalue weighted by Crippen LogP contribution is 2.68. The number of fused-ring (bicyclic) bond motifs is 5. The van der Waals surface area contributed by atoms with Crippen molar-refractivity contribution in [1.82, 2.24) is 4.90 Å². The highest BCUT2D eigenvalue weighted by molar-refractivity contribution is 5.66. The summed E-state index contributed by atoms with van der Waals surface area (Å²) < 4.78 is 19.5. The Morgan fingerprint density at radius 1 is 0.881 bits per heavy atom. The zero-order valence-electron chi connectivity index (χ0n) is 26.9. The van der Waals surface area contributed by atoms with Crippen molar-refractivity contribution >= 4 is 11.9 Å². The molecule has 5 saturated carbocycles. The van der Waals surface area contributed by atoms with E-state index in [1.807, 2.05) is 0 Å². The molecule has 5 aliphatic carbocycles. The Morgan fingerprint density at radius 2 is 1.60 bits per heavy atom. The molecule has 0 amide bonds. The molecule has 7 nitrogen and oxygen atoms in total. The van der Waals surface area contributed by atoms with Crippen molar-refractivity contribution in [3.8, 4) is 0 Å². The summed E-state index contributed by atoms with van der Waals surface area (Å²) in [6.45, 7) is 15.7. The summed E-state index contributed by atoms with van der Waals surface area (Å²) in [5.74, 6) is 3.32. The average molecular weight is 586 g/mol. The van der Waals surface area contributed by atoms with Crippen LogP contribution in [-0.2, 0) is 23.8 Å². The van der Waals surface area contributed by atoms with E-state index in [0.29, 0.717) is 29.7 Å². The van der Waals surface area contributed by atoms with E-state index in [-0.39, 0.29) is 41.0 Å². The zero-order valence-corrected chi connectivity index (χ0v) is 26.9. The van der Waals surface area contributed by atoms with Crippen LogP contribution >= 0.6 is 0 Å². The van der Waals surface area contributed by atoms with Gasteiger partial charge < -0.3 is 18.7 Å². The van der Waals surface area contributed by atoms with Gasteiger partial charge in [0, 0.05) is 63.6 Å². The molecule has 10 atom stereocenters. The number of ether oxygens (including phenoxy) is 3. The Balaban J connectivity index is 1.18. The van der Waals surface area contributed by atoms with Crippen molar-refractivity contribution in [2.45, 2.75) is 123 Å². The molecular weight excluding hydrogens is 528 g/mol. The predicted molar refractivity (Wildman–Crippen MR) is 160 cm³/mol. The molecule has 0 radical (unpaired) electrons. The molecule has 7 heteroatoms. The first-order valence-electron chi connectivity index (χ1n) is 17.6. The van der Waals surface area contributed by atoms with Crippen LogP contribution in [-0.4, -0.2) is 91.6 Å². The number of rotatable bonds is 6. The van der Waals surface area contributed by atoms with Crippen LogP contribution < -0.4 is 0 Å². The highest BCUT2D eigenvalue weighted by Gasteiger charge is 2.68. The largest absolute Gasteiger partial charge is 0.461 e. The van der Waals surface area contributed by atoms with Crippen molar-refractivity contribution in [2.24, 2.45) is 40.4 Å². The van der Waals surface area contributed by atoms with E-state index in [1.54, 1.807) is 13.8 Å². The average Bonchev–Trinajstić information content (AvgIpc) is 3.55. The number of esters is 2. The first-order chi connectivity index (χ1) is 20.1. The Hall–Kier alpha value is -1.18. The topological polar surface area (TPSA) is 65.1 Å². The standard InChI is InChI=1S/C35H57N2O5/c1-23(38)41-32-19-26-9-10-27-28(35(26,4)21-30(32)36-13-17-40-18-14-36)11-12-34(3)29(27)20-31(33(34)42-24(2)39)37(15-5-6-16-37)22-25-7-8-25/h25-33H,5-22H2,1-4H3/q+1/t26-,27-,28+,29+,30+,31-,32+,33+,34+,35+/m1/s1. The van der Waals surface area contributed by atoms with Crippen LogP contribution in [0.2, 0.25) is 0 Å². The maximum absolute atomic E-state index is 12.7. The number of morpholine rings is 1. The molecule has 7 fully saturated rings.